The molecule has 0 bridgehead atoms. The van der Waals surface area contributed by atoms with Crippen LogP contribution in [-0.2, 0) is 0 Å². The minimum Gasteiger partial charge on any atom is -0.288 e. The van der Waals surface area contributed by atoms with Crippen LogP contribution in [0.25, 0.3) is 0 Å². The van der Waals surface area contributed by atoms with Crippen LogP contribution in [0.2, 0.25) is 0 Å². The second-order valence-electron chi connectivity index (χ2n) is 6.24. The van der Waals surface area contributed by atoms with Gasteiger partial charge in [-0.3, -0.25) is 4.90 Å². The predicted molar refractivity (Wildman–Crippen MR) is 81.0 cm³/mol. The van der Waals surface area contributed by atoms with Crippen LogP contribution in [0.4, 0.5) is 0 Å². The highest BCUT2D eigenvalue weighted by Crippen LogP contribution is 2.34. The van der Waals surface area contributed by atoms with Crippen LogP contribution >= 0.6 is 0 Å². The van der Waals surface area contributed by atoms with Crippen molar-refractivity contribution >= 4 is 5.71 Å². The van der Waals surface area contributed by atoms with Crippen molar-refractivity contribution < 1.29 is 4.90 Å². The van der Waals surface area contributed by atoms with Crippen molar-refractivity contribution in [3.05, 3.63) is 71.8 Å². The molecule has 2 aromatic carbocycles. The van der Waals surface area contributed by atoms with Crippen molar-refractivity contribution in [3.8, 4) is 0 Å². The molecular formula is C18H19N2+. The molecule has 4 rings (SSSR count). The molecule has 1 unspecified atom stereocenters. The number of aliphatic imine (C=N–C) groups is 1. The lowest BCUT2D eigenvalue weighted by Gasteiger charge is -2.16. The molecule has 100 valence electrons. The monoisotopic (exact) mass is 263 g/mol. The smallest absolute Gasteiger partial charge is 0.190 e. The molecular weight excluding hydrogens is 244 g/mol. The normalized spacial score (nSPS) is 29.7. The molecule has 0 spiro atoms. The number of benzene rings is 2. The van der Waals surface area contributed by atoms with Crippen LogP contribution in [0.5, 0.6) is 0 Å². The van der Waals surface area contributed by atoms with Gasteiger partial charge in [-0.2, -0.15) is 0 Å². The summed E-state index contributed by atoms with van der Waals surface area (Å²) in [4.78, 5) is 6.56. The van der Waals surface area contributed by atoms with E-state index in [-0.39, 0.29) is 5.66 Å². The second kappa shape index (κ2) is 4.03. The average Bonchev–Trinajstić information content (AvgIpc) is 3.17. The number of hydrogen-bond acceptors (Lipinski definition) is 1. The number of fused-ring (bicyclic) bond motifs is 1. The standard InChI is InChI=1S/C18H18N2/c1-18(2)19-15(13-9-5-3-6-10-13)17-16(20(17)18)14-11-7-4-8-12-14/h3-12,16-17H,1-2H3/p+1/t16-,17+,20?/m0/s1. The summed E-state index contributed by atoms with van der Waals surface area (Å²) in [5, 5.41) is 0. The largest absolute Gasteiger partial charge is 0.288 e. The van der Waals surface area contributed by atoms with Crippen molar-refractivity contribution in [2.45, 2.75) is 31.6 Å². The van der Waals surface area contributed by atoms with Gasteiger partial charge in [0.2, 0.25) is 0 Å². The van der Waals surface area contributed by atoms with E-state index in [2.05, 4.69) is 74.5 Å². The fourth-order valence-electron chi connectivity index (χ4n) is 3.65. The van der Waals surface area contributed by atoms with Gasteiger partial charge >= 0.3 is 0 Å². The summed E-state index contributed by atoms with van der Waals surface area (Å²) in [5.74, 6) is 0. The van der Waals surface area contributed by atoms with E-state index in [0.717, 1.165) is 0 Å². The zero-order valence-corrected chi connectivity index (χ0v) is 11.9. The molecule has 1 N–H and O–H groups in total. The maximum absolute atomic E-state index is 4.98. The van der Waals surface area contributed by atoms with Gasteiger partial charge in [0.05, 0.1) is 0 Å². The number of rotatable bonds is 2. The summed E-state index contributed by atoms with van der Waals surface area (Å²) in [7, 11) is 0. The topological polar surface area (TPSA) is 16.8 Å². The first-order chi connectivity index (χ1) is 9.68. The lowest BCUT2D eigenvalue weighted by molar-refractivity contribution is -0.837. The molecule has 0 amide bonds. The summed E-state index contributed by atoms with van der Waals surface area (Å²) in [5.41, 5.74) is 3.97. The highest BCUT2D eigenvalue weighted by Gasteiger charge is 2.68. The van der Waals surface area contributed by atoms with E-state index in [1.165, 1.54) is 16.8 Å². The van der Waals surface area contributed by atoms with E-state index in [9.17, 15) is 0 Å². The molecule has 1 saturated heterocycles. The van der Waals surface area contributed by atoms with Gasteiger partial charge in [-0.05, 0) is 0 Å². The van der Waals surface area contributed by atoms with E-state index < -0.39 is 0 Å². The molecule has 0 saturated carbocycles. The van der Waals surface area contributed by atoms with Crippen LogP contribution in [-0.4, -0.2) is 17.4 Å². The zero-order valence-electron chi connectivity index (χ0n) is 11.9. The lowest BCUT2D eigenvalue weighted by atomic mass is 10.0. The summed E-state index contributed by atoms with van der Waals surface area (Å²) in [6, 6.07) is 22.6. The summed E-state index contributed by atoms with van der Waals surface area (Å²) >= 11 is 0. The molecule has 0 aliphatic carbocycles. The van der Waals surface area contributed by atoms with Crippen LogP contribution < -0.4 is 4.90 Å². The van der Waals surface area contributed by atoms with Crippen molar-refractivity contribution in [1.82, 2.24) is 0 Å². The van der Waals surface area contributed by atoms with Gasteiger partial charge in [-0.1, -0.05) is 60.7 Å². The van der Waals surface area contributed by atoms with E-state index >= 15 is 0 Å². The minimum absolute atomic E-state index is 0.0175. The van der Waals surface area contributed by atoms with Crippen molar-refractivity contribution in [1.29, 1.82) is 0 Å². The molecule has 2 aromatic rings. The third-order valence-electron chi connectivity index (χ3n) is 4.52. The first-order valence-electron chi connectivity index (χ1n) is 7.26. The van der Waals surface area contributed by atoms with Gasteiger partial charge in [-0.15, -0.1) is 0 Å². The molecule has 0 radical (unpaired) electrons. The summed E-state index contributed by atoms with van der Waals surface area (Å²) < 4.78 is 0. The molecule has 1 fully saturated rings. The van der Waals surface area contributed by atoms with Gasteiger partial charge in [0.1, 0.15) is 5.71 Å². The van der Waals surface area contributed by atoms with Gasteiger partial charge in [-0.25, -0.2) is 4.99 Å². The third-order valence-corrected chi connectivity index (χ3v) is 4.52. The Morgan fingerprint density at radius 1 is 0.850 bits per heavy atom. The number of nitrogens with one attached hydrogen (secondary N) is 1. The molecule has 2 nitrogen and oxygen atoms in total. The molecule has 0 aromatic heterocycles. The Bertz CT molecular complexity index is 658. The predicted octanol–water partition coefficient (Wildman–Crippen LogP) is 2.23. The van der Waals surface area contributed by atoms with E-state index in [0.29, 0.717) is 12.1 Å². The van der Waals surface area contributed by atoms with Crippen molar-refractivity contribution in [3.63, 3.8) is 0 Å². The Balaban J connectivity index is 1.73. The Labute approximate surface area is 119 Å². The number of hydrogen-bond donors (Lipinski definition) is 1. The van der Waals surface area contributed by atoms with Crippen LogP contribution in [0.3, 0.4) is 0 Å². The maximum Gasteiger partial charge on any atom is 0.190 e. The number of quaternary nitrogens is 1. The maximum atomic E-state index is 4.98. The van der Waals surface area contributed by atoms with E-state index in [1.807, 2.05) is 0 Å². The van der Waals surface area contributed by atoms with Crippen LogP contribution in [0, 0.1) is 0 Å². The Kier molecular flexibility index (Phi) is 2.39. The second-order valence-corrected chi connectivity index (χ2v) is 6.24. The molecule has 2 aliphatic rings. The van der Waals surface area contributed by atoms with Crippen LogP contribution in [0.1, 0.15) is 31.0 Å². The van der Waals surface area contributed by atoms with Crippen molar-refractivity contribution in [2.75, 3.05) is 0 Å². The first kappa shape index (κ1) is 11.9. The van der Waals surface area contributed by atoms with E-state index in [4.69, 9.17) is 4.99 Å². The Hall–Kier alpha value is -1.93. The van der Waals surface area contributed by atoms with Gasteiger partial charge < -0.3 is 0 Å². The lowest BCUT2D eigenvalue weighted by Crippen LogP contribution is -3.02. The Morgan fingerprint density at radius 3 is 2.10 bits per heavy atom. The van der Waals surface area contributed by atoms with Crippen LogP contribution in [0.15, 0.2) is 65.7 Å². The molecule has 20 heavy (non-hydrogen) atoms. The SMILES string of the molecule is CC1(C)N=C(c2ccccc2)[C@@H]2[C@H](c3ccccc3)[NH+]21. The fraction of sp³-hybridized carbons (Fsp3) is 0.278. The minimum atomic E-state index is -0.0175. The molecule has 3 atom stereocenters. The van der Waals surface area contributed by atoms with E-state index in [1.54, 1.807) is 4.90 Å². The average molecular weight is 263 g/mol. The summed E-state index contributed by atoms with van der Waals surface area (Å²) in [6.07, 6.45) is 0. The highest BCUT2D eigenvalue weighted by molar-refractivity contribution is 6.06. The zero-order chi connectivity index (χ0) is 13.7. The summed E-state index contributed by atoms with van der Waals surface area (Å²) in [6.45, 7) is 4.49. The molecule has 2 heteroatoms. The first-order valence-corrected chi connectivity index (χ1v) is 7.26. The van der Waals surface area contributed by atoms with Crippen molar-refractivity contribution in [2.24, 2.45) is 4.99 Å². The van der Waals surface area contributed by atoms with Gasteiger partial charge in [0, 0.05) is 25.0 Å². The highest BCUT2D eigenvalue weighted by atomic mass is 15.5. The molecule has 2 heterocycles. The molecule has 2 aliphatic heterocycles. The fourth-order valence-corrected chi connectivity index (χ4v) is 3.65. The van der Waals surface area contributed by atoms with Gasteiger partial charge in [0.15, 0.2) is 17.7 Å². The quantitative estimate of drug-likeness (QED) is 0.800. The third kappa shape index (κ3) is 1.65. The van der Waals surface area contributed by atoms with Gasteiger partial charge in [0.25, 0.3) is 0 Å². The Morgan fingerprint density at radius 2 is 1.45 bits per heavy atom. The number of nitrogens with zero attached hydrogens (tertiary/aromatic N) is 1.